The zero-order chi connectivity index (χ0) is 16.2. The number of rotatable bonds is 6. The van der Waals surface area contributed by atoms with Gasteiger partial charge in [0.15, 0.2) is 11.6 Å². The second-order valence-electron chi connectivity index (χ2n) is 5.52. The highest BCUT2D eigenvalue weighted by atomic mass is 16.5. The Balaban J connectivity index is 1.59. The van der Waals surface area contributed by atoms with Gasteiger partial charge in [0.1, 0.15) is 18.0 Å². The maximum absolute atomic E-state index is 5.75. The van der Waals surface area contributed by atoms with Crippen LogP contribution in [-0.2, 0) is 16.0 Å². The Morgan fingerprint density at radius 3 is 3.04 bits per heavy atom. The van der Waals surface area contributed by atoms with Gasteiger partial charge in [0.25, 0.3) is 0 Å². The molecule has 0 amide bonds. The number of nitrogens with zero attached hydrogens (tertiary/aromatic N) is 5. The van der Waals surface area contributed by atoms with E-state index in [0.29, 0.717) is 43.8 Å². The van der Waals surface area contributed by atoms with Crippen LogP contribution in [0.1, 0.15) is 49.4 Å². The van der Waals surface area contributed by atoms with Crippen molar-refractivity contribution in [2.24, 2.45) is 0 Å². The molecule has 3 heterocycles. The fourth-order valence-electron chi connectivity index (χ4n) is 2.52. The van der Waals surface area contributed by atoms with Crippen molar-refractivity contribution in [1.82, 2.24) is 30.2 Å². The standard InChI is InChI=1S/C14H22N6O3/c1-4-21-9(2)13-16-12(23-19-13)8-20-5-6-22-11(7-20)14-15-10(3)17-18-14/h9,11H,4-8H2,1-3H3,(H,15,17,18)/t9-,11-/m1/s1. The first-order chi connectivity index (χ1) is 11.2. The number of hydrogen-bond donors (Lipinski definition) is 1. The van der Waals surface area contributed by atoms with Gasteiger partial charge in [0.2, 0.25) is 5.89 Å². The molecule has 1 saturated heterocycles. The molecule has 126 valence electrons. The highest BCUT2D eigenvalue weighted by Gasteiger charge is 2.26. The quantitative estimate of drug-likeness (QED) is 0.845. The van der Waals surface area contributed by atoms with Gasteiger partial charge in [-0.15, -0.1) is 0 Å². The lowest BCUT2D eigenvalue weighted by molar-refractivity contribution is -0.0396. The molecule has 23 heavy (non-hydrogen) atoms. The Morgan fingerprint density at radius 1 is 1.43 bits per heavy atom. The number of aromatic amines is 1. The molecule has 0 radical (unpaired) electrons. The molecular weight excluding hydrogens is 300 g/mol. The Kier molecular flexibility index (Phi) is 4.99. The number of aromatic nitrogens is 5. The third-order valence-electron chi connectivity index (χ3n) is 3.68. The molecule has 1 aliphatic rings. The predicted molar refractivity (Wildman–Crippen MR) is 79.4 cm³/mol. The second kappa shape index (κ2) is 7.16. The number of aryl methyl sites for hydroxylation is 1. The van der Waals surface area contributed by atoms with Gasteiger partial charge < -0.3 is 14.0 Å². The number of morpholine rings is 1. The van der Waals surface area contributed by atoms with Gasteiger partial charge in [-0.25, -0.2) is 4.98 Å². The Morgan fingerprint density at radius 2 is 2.30 bits per heavy atom. The van der Waals surface area contributed by atoms with E-state index < -0.39 is 0 Å². The van der Waals surface area contributed by atoms with Crippen LogP contribution in [0.25, 0.3) is 0 Å². The van der Waals surface area contributed by atoms with Crippen molar-refractivity contribution in [3.05, 3.63) is 23.4 Å². The summed E-state index contributed by atoms with van der Waals surface area (Å²) in [5.74, 6) is 2.63. The van der Waals surface area contributed by atoms with Gasteiger partial charge >= 0.3 is 0 Å². The van der Waals surface area contributed by atoms with E-state index in [9.17, 15) is 0 Å². The Hall–Kier alpha value is -1.84. The van der Waals surface area contributed by atoms with E-state index in [2.05, 4.69) is 30.2 Å². The monoisotopic (exact) mass is 322 g/mol. The molecule has 3 rings (SSSR count). The summed E-state index contributed by atoms with van der Waals surface area (Å²) in [5.41, 5.74) is 0. The van der Waals surface area contributed by atoms with Gasteiger partial charge in [-0.3, -0.25) is 10.00 Å². The van der Waals surface area contributed by atoms with Crippen molar-refractivity contribution in [2.45, 2.75) is 39.5 Å². The molecule has 2 aromatic heterocycles. The molecule has 0 spiro atoms. The van der Waals surface area contributed by atoms with Crippen LogP contribution in [-0.4, -0.2) is 56.5 Å². The zero-order valence-electron chi connectivity index (χ0n) is 13.7. The molecule has 9 heteroatoms. The number of nitrogens with one attached hydrogen (secondary N) is 1. The lowest BCUT2D eigenvalue weighted by Crippen LogP contribution is -2.38. The van der Waals surface area contributed by atoms with Crippen molar-refractivity contribution in [3.8, 4) is 0 Å². The first kappa shape index (κ1) is 16.0. The Bertz CT molecular complexity index is 628. The summed E-state index contributed by atoms with van der Waals surface area (Å²) in [7, 11) is 0. The predicted octanol–water partition coefficient (Wildman–Crippen LogP) is 1.17. The van der Waals surface area contributed by atoms with Gasteiger partial charge in [-0.1, -0.05) is 5.16 Å². The second-order valence-corrected chi connectivity index (χ2v) is 5.52. The van der Waals surface area contributed by atoms with Crippen LogP contribution in [0.3, 0.4) is 0 Å². The largest absolute Gasteiger partial charge is 0.371 e. The summed E-state index contributed by atoms with van der Waals surface area (Å²) in [6.07, 6.45) is -0.301. The van der Waals surface area contributed by atoms with E-state index in [4.69, 9.17) is 14.0 Å². The molecule has 9 nitrogen and oxygen atoms in total. The Labute approximate surface area is 134 Å². The van der Waals surface area contributed by atoms with Gasteiger partial charge in [-0.05, 0) is 20.8 Å². The highest BCUT2D eigenvalue weighted by Crippen LogP contribution is 2.21. The molecule has 0 unspecified atom stereocenters. The average molecular weight is 322 g/mol. The smallest absolute Gasteiger partial charge is 0.240 e. The summed E-state index contributed by atoms with van der Waals surface area (Å²) in [6, 6.07) is 0. The first-order valence-corrected chi connectivity index (χ1v) is 7.82. The third-order valence-corrected chi connectivity index (χ3v) is 3.68. The van der Waals surface area contributed by atoms with E-state index in [0.717, 1.165) is 12.4 Å². The highest BCUT2D eigenvalue weighted by molar-refractivity contribution is 4.96. The normalized spacial score (nSPS) is 20.7. The number of H-pyrrole nitrogens is 1. The van der Waals surface area contributed by atoms with Crippen molar-refractivity contribution < 1.29 is 14.0 Å². The van der Waals surface area contributed by atoms with Crippen LogP contribution in [0.5, 0.6) is 0 Å². The molecule has 0 aromatic carbocycles. The topological polar surface area (TPSA) is 102 Å². The maximum atomic E-state index is 5.75. The fraction of sp³-hybridized carbons (Fsp3) is 0.714. The molecule has 2 atom stereocenters. The first-order valence-electron chi connectivity index (χ1n) is 7.82. The van der Waals surface area contributed by atoms with Crippen molar-refractivity contribution in [1.29, 1.82) is 0 Å². The summed E-state index contributed by atoms with van der Waals surface area (Å²) < 4.78 is 16.5. The van der Waals surface area contributed by atoms with Crippen LogP contribution in [0.2, 0.25) is 0 Å². The molecule has 2 aromatic rings. The van der Waals surface area contributed by atoms with Crippen molar-refractivity contribution >= 4 is 0 Å². The number of ether oxygens (including phenoxy) is 2. The lowest BCUT2D eigenvalue weighted by atomic mass is 10.2. The molecule has 0 bridgehead atoms. The van der Waals surface area contributed by atoms with Crippen LogP contribution in [0, 0.1) is 6.92 Å². The van der Waals surface area contributed by atoms with Crippen LogP contribution < -0.4 is 0 Å². The van der Waals surface area contributed by atoms with Gasteiger partial charge in [0.05, 0.1) is 13.2 Å². The van der Waals surface area contributed by atoms with Gasteiger partial charge in [-0.2, -0.15) is 10.1 Å². The molecular formula is C14H22N6O3. The fourth-order valence-corrected chi connectivity index (χ4v) is 2.52. The van der Waals surface area contributed by atoms with Crippen LogP contribution in [0.15, 0.2) is 4.52 Å². The molecule has 0 aliphatic carbocycles. The molecule has 1 N–H and O–H groups in total. The van der Waals surface area contributed by atoms with Gasteiger partial charge in [0, 0.05) is 19.7 Å². The third kappa shape index (κ3) is 3.92. The minimum Gasteiger partial charge on any atom is -0.371 e. The van der Waals surface area contributed by atoms with Crippen LogP contribution >= 0.6 is 0 Å². The molecule has 0 saturated carbocycles. The van der Waals surface area contributed by atoms with Crippen molar-refractivity contribution in [3.63, 3.8) is 0 Å². The van der Waals surface area contributed by atoms with Crippen LogP contribution in [0.4, 0.5) is 0 Å². The number of hydrogen-bond acceptors (Lipinski definition) is 8. The van der Waals surface area contributed by atoms with Crippen molar-refractivity contribution in [2.75, 3.05) is 26.3 Å². The van der Waals surface area contributed by atoms with E-state index >= 15 is 0 Å². The van der Waals surface area contributed by atoms with E-state index in [1.54, 1.807) is 0 Å². The minimum absolute atomic E-state index is 0.140. The lowest BCUT2D eigenvalue weighted by Gasteiger charge is -2.30. The van der Waals surface area contributed by atoms with E-state index in [1.165, 1.54) is 0 Å². The average Bonchev–Trinajstić information content (AvgIpc) is 3.17. The minimum atomic E-state index is -0.161. The SMILES string of the molecule is CCO[C@H](C)c1noc(CN2CCO[C@@H](c3n[nH]c(C)n3)C2)n1. The molecule has 1 fully saturated rings. The summed E-state index contributed by atoms with van der Waals surface area (Å²) >= 11 is 0. The molecule has 1 aliphatic heterocycles. The zero-order valence-corrected chi connectivity index (χ0v) is 13.7. The maximum Gasteiger partial charge on any atom is 0.240 e. The summed E-state index contributed by atoms with van der Waals surface area (Å²) in [5, 5.41) is 11.0. The summed E-state index contributed by atoms with van der Waals surface area (Å²) in [6.45, 7) is 9.03. The van der Waals surface area contributed by atoms with E-state index in [-0.39, 0.29) is 12.2 Å². The summed E-state index contributed by atoms with van der Waals surface area (Å²) in [4.78, 5) is 10.9. The van der Waals surface area contributed by atoms with E-state index in [1.807, 2.05) is 20.8 Å².